The third-order valence-electron chi connectivity index (χ3n) is 2.87. The van der Waals surface area contributed by atoms with E-state index in [2.05, 4.69) is 39.7 Å². The molecule has 2 aromatic rings. The lowest BCUT2D eigenvalue weighted by Gasteiger charge is -2.10. The lowest BCUT2D eigenvalue weighted by molar-refractivity contribution is 0.818. The molecule has 108 valence electrons. The van der Waals surface area contributed by atoms with Crippen LogP contribution in [0.3, 0.4) is 0 Å². The van der Waals surface area contributed by atoms with Gasteiger partial charge in [0.25, 0.3) is 0 Å². The van der Waals surface area contributed by atoms with Crippen LogP contribution in [0.4, 0.5) is 0 Å². The third-order valence-corrected chi connectivity index (χ3v) is 4.94. The maximum absolute atomic E-state index is 4.43. The van der Waals surface area contributed by atoms with Gasteiger partial charge >= 0.3 is 0 Å². The van der Waals surface area contributed by atoms with Gasteiger partial charge in [-0.05, 0) is 32.9 Å². The second-order valence-corrected chi connectivity index (χ2v) is 7.19. The van der Waals surface area contributed by atoms with Gasteiger partial charge in [-0.2, -0.15) is 0 Å². The van der Waals surface area contributed by atoms with Gasteiger partial charge in [-0.15, -0.1) is 22.7 Å². The number of aliphatic imine (C=N–C) groups is 1. The number of thiazole rings is 1. The number of guanidine groups is 1. The van der Waals surface area contributed by atoms with E-state index in [-0.39, 0.29) is 0 Å². The highest BCUT2D eigenvalue weighted by Crippen LogP contribution is 2.16. The van der Waals surface area contributed by atoms with Crippen molar-refractivity contribution in [2.45, 2.75) is 33.9 Å². The average Bonchev–Trinajstić information content (AvgIpc) is 2.96. The van der Waals surface area contributed by atoms with E-state index in [4.69, 9.17) is 0 Å². The van der Waals surface area contributed by atoms with E-state index in [1.165, 1.54) is 14.6 Å². The summed E-state index contributed by atoms with van der Waals surface area (Å²) in [5.74, 6) is 0.821. The van der Waals surface area contributed by atoms with Gasteiger partial charge in [0.05, 0.1) is 23.8 Å². The van der Waals surface area contributed by atoms with Gasteiger partial charge in [-0.25, -0.2) is 4.98 Å². The highest BCUT2D eigenvalue weighted by atomic mass is 32.1. The van der Waals surface area contributed by atoms with Gasteiger partial charge in [0, 0.05) is 21.7 Å². The van der Waals surface area contributed by atoms with Crippen molar-refractivity contribution < 1.29 is 0 Å². The van der Waals surface area contributed by atoms with Crippen molar-refractivity contribution >= 4 is 28.6 Å². The first-order valence-electron chi connectivity index (χ1n) is 6.51. The predicted octanol–water partition coefficient (Wildman–Crippen LogP) is 3.00. The number of hydrogen-bond donors (Lipinski definition) is 2. The summed E-state index contributed by atoms with van der Waals surface area (Å²) in [5, 5.41) is 7.77. The molecule has 0 unspecified atom stereocenters. The van der Waals surface area contributed by atoms with Crippen molar-refractivity contribution in [2.75, 3.05) is 7.05 Å². The molecular formula is C14H20N4S2. The highest BCUT2D eigenvalue weighted by Gasteiger charge is 2.06. The standard InChI is InChI=1S/C14H20N4S2/c1-9-5-6-12(19-9)7-16-14(15-4)17-8-13-10(2)18-11(3)20-13/h5-6H,7-8H2,1-4H3,(H2,15,16,17). The van der Waals surface area contributed by atoms with Crippen LogP contribution in [0.5, 0.6) is 0 Å². The molecular weight excluding hydrogens is 288 g/mol. The number of hydrogen-bond acceptors (Lipinski definition) is 4. The molecule has 20 heavy (non-hydrogen) atoms. The Morgan fingerprint density at radius 3 is 2.45 bits per heavy atom. The third kappa shape index (κ3) is 4.05. The van der Waals surface area contributed by atoms with Crippen LogP contribution < -0.4 is 10.6 Å². The lowest BCUT2D eigenvalue weighted by Crippen LogP contribution is -2.36. The molecule has 2 N–H and O–H groups in total. The summed E-state index contributed by atoms with van der Waals surface area (Å²) in [6.45, 7) is 7.77. The first-order chi connectivity index (χ1) is 9.58. The topological polar surface area (TPSA) is 49.3 Å². The number of rotatable bonds is 4. The molecule has 0 atom stereocenters. The normalized spacial score (nSPS) is 11.7. The van der Waals surface area contributed by atoms with Crippen molar-refractivity contribution in [1.29, 1.82) is 0 Å². The Bertz CT molecular complexity index is 598. The quantitative estimate of drug-likeness (QED) is 0.674. The van der Waals surface area contributed by atoms with Crippen LogP contribution in [0.25, 0.3) is 0 Å². The fourth-order valence-electron chi connectivity index (χ4n) is 1.87. The largest absolute Gasteiger partial charge is 0.352 e. The van der Waals surface area contributed by atoms with Gasteiger partial charge in [0.2, 0.25) is 0 Å². The molecule has 0 aliphatic carbocycles. The monoisotopic (exact) mass is 308 g/mol. The van der Waals surface area contributed by atoms with Crippen LogP contribution in [0.2, 0.25) is 0 Å². The smallest absolute Gasteiger partial charge is 0.191 e. The van der Waals surface area contributed by atoms with Crippen LogP contribution in [-0.2, 0) is 13.1 Å². The Morgan fingerprint density at radius 1 is 1.15 bits per heavy atom. The number of nitrogens with one attached hydrogen (secondary N) is 2. The number of aromatic nitrogens is 1. The summed E-state index contributed by atoms with van der Waals surface area (Å²) in [6, 6.07) is 4.29. The van der Waals surface area contributed by atoms with E-state index in [1.54, 1.807) is 18.4 Å². The molecule has 0 radical (unpaired) electrons. The Kier molecular flexibility index (Phi) is 5.14. The molecule has 0 amide bonds. The Balaban J connectivity index is 1.85. The minimum atomic E-state index is 0.764. The molecule has 0 aromatic carbocycles. The van der Waals surface area contributed by atoms with Gasteiger partial charge in [0.1, 0.15) is 0 Å². The number of thiophene rings is 1. The molecule has 0 aliphatic heterocycles. The van der Waals surface area contributed by atoms with Crippen LogP contribution in [0, 0.1) is 20.8 Å². The van der Waals surface area contributed by atoms with E-state index < -0.39 is 0 Å². The van der Waals surface area contributed by atoms with Crippen molar-refractivity contribution in [2.24, 2.45) is 4.99 Å². The first kappa shape index (κ1) is 15.0. The molecule has 2 rings (SSSR count). The van der Waals surface area contributed by atoms with Gasteiger partial charge in [-0.1, -0.05) is 0 Å². The zero-order valence-electron chi connectivity index (χ0n) is 12.3. The molecule has 0 bridgehead atoms. The molecule has 2 heterocycles. The zero-order valence-corrected chi connectivity index (χ0v) is 13.9. The summed E-state index contributed by atoms with van der Waals surface area (Å²) in [6.07, 6.45) is 0. The van der Waals surface area contributed by atoms with Gasteiger partial charge < -0.3 is 10.6 Å². The van der Waals surface area contributed by atoms with Gasteiger partial charge in [-0.3, -0.25) is 4.99 Å². The predicted molar refractivity (Wildman–Crippen MR) is 87.7 cm³/mol. The molecule has 0 spiro atoms. The molecule has 0 aliphatic rings. The molecule has 4 nitrogen and oxygen atoms in total. The van der Waals surface area contributed by atoms with E-state index in [9.17, 15) is 0 Å². The maximum atomic E-state index is 4.43. The van der Waals surface area contributed by atoms with Crippen molar-refractivity contribution in [3.05, 3.63) is 37.5 Å². The summed E-state index contributed by atoms with van der Waals surface area (Å²) in [4.78, 5) is 12.6. The van der Waals surface area contributed by atoms with E-state index in [1.807, 2.05) is 25.2 Å². The maximum Gasteiger partial charge on any atom is 0.191 e. The molecule has 0 saturated heterocycles. The number of nitrogens with zero attached hydrogens (tertiary/aromatic N) is 2. The second kappa shape index (κ2) is 6.85. The summed E-state index contributed by atoms with van der Waals surface area (Å²) in [7, 11) is 1.79. The molecule has 2 aromatic heterocycles. The van der Waals surface area contributed by atoms with Crippen LogP contribution in [0.1, 0.15) is 25.3 Å². The summed E-state index contributed by atoms with van der Waals surface area (Å²) in [5.41, 5.74) is 1.10. The summed E-state index contributed by atoms with van der Waals surface area (Å²) < 4.78 is 0. The van der Waals surface area contributed by atoms with Crippen molar-refractivity contribution in [1.82, 2.24) is 15.6 Å². The van der Waals surface area contributed by atoms with Crippen LogP contribution >= 0.6 is 22.7 Å². The second-order valence-electron chi connectivity index (χ2n) is 4.53. The van der Waals surface area contributed by atoms with E-state index in [0.717, 1.165) is 29.8 Å². The Labute approximate surface area is 128 Å². The van der Waals surface area contributed by atoms with E-state index >= 15 is 0 Å². The van der Waals surface area contributed by atoms with Crippen LogP contribution in [0.15, 0.2) is 17.1 Å². The Morgan fingerprint density at radius 2 is 1.90 bits per heavy atom. The van der Waals surface area contributed by atoms with Crippen molar-refractivity contribution in [3.8, 4) is 0 Å². The van der Waals surface area contributed by atoms with E-state index in [0.29, 0.717) is 0 Å². The van der Waals surface area contributed by atoms with Gasteiger partial charge in [0.15, 0.2) is 5.96 Å². The summed E-state index contributed by atoms with van der Waals surface area (Å²) >= 11 is 3.54. The highest BCUT2D eigenvalue weighted by molar-refractivity contribution is 7.12. The fourth-order valence-corrected chi connectivity index (χ4v) is 3.58. The fraction of sp³-hybridized carbons (Fsp3) is 0.429. The SMILES string of the molecule is CN=C(NCc1ccc(C)s1)NCc1sc(C)nc1C. The molecule has 0 fully saturated rings. The molecule has 6 heteroatoms. The minimum absolute atomic E-state index is 0.764. The Hall–Kier alpha value is -1.40. The zero-order chi connectivity index (χ0) is 14.5. The average molecular weight is 308 g/mol. The minimum Gasteiger partial charge on any atom is -0.352 e. The molecule has 0 saturated carbocycles. The first-order valence-corrected chi connectivity index (χ1v) is 8.14. The van der Waals surface area contributed by atoms with Crippen molar-refractivity contribution in [3.63, 3.8) is 0 Å². The number of aryl methyl sites for hydroxylation is 3. The lowest BCUT2D eigenvalue weighted by atomic mass is 10.4. The van der Waals surface area contributed by atoms with Crippen LogP contribution in [-0.4, -0.2) is 18.0 Å².